The first-order chi connectivity index (χ1) is 13.2. The summed E-state index contributed by atoms with van der Waals surface area (Å²) in [4.78, 5) is 32.5. The maximum atomic E-state index is 13.1. The van der Waals surface area contributed by atoms with Gasteiger partial charge in [-0.15, -0.1) is 0 Å². The molecule has 2 heterocycles. The summed E-state index contributed by atoms with van der Waals surface area (Å²) in [5, 5.41) is 3.94. The van der Waals surface area contributed by atoms with Gasteiger partial charge in [-0.25, -0.2) is 4.98 Å². The highest BCUT2D eigenvalue weighted by molar-refractivity contribution is 7.99. The predicted octanol–water partition coefficient (Wildman–Crippen LogP) is 4.03. The summed E-state index contributed by atoms with van der Waals surface area (Å²) in [5.41, 5.74) is 1.51. The number of pyridine rings is 1. The third-order valence-corrected chi connectivity index (χ3v) is 6.20. The van der Waals surface area contributed by atoms with E-state index in [9.17, 15) is 9.59 Å². The lowest BCUT2D eigenvalue weighted by Crippen LogP contribution is -2.35. The Bertz CT molecular complexity index is 849. The van der Waals surface area contributed by atoms with E-state index in [-0.39, 0.29) is 11.8 Å². The highest BCUT2D eigenvalue weighted by Gasteiger charge is 2.27. The standard InChI is InChI=1S/C21H23N3O2S/c25-19(23-15-7-1-2-8-15)12-6-14-24-17-10-5-13-22-20(17)27-18-11-4-3-9-16(18)21(24)26/h3-5,9-11,13,15H,1-2,6-8,12,14H2,(H,23,25). The zero-order valence-electron chi connectivity index (χ0n) is 15.2. The summed E-state index contributed by atoms with van der Waals surface area (Å²) >= 11 is 1.52. The molecule has 0 atom stereocenters. The smallest absolute Gasteiger partial charge is 0.259 e. The van der Waals surface area contributed by atoms with Gasteiger partial charge in [0.15, 0.2) is 0 Å². The van der Waals surface area contributed by atoms with E-state index in [1.165, 1.54) is 24.6 Å². The van der Waals surface area contributed by atoms with Crippen LogP contribution < -0.4 is 10.2 Å². The van der Waals surface area contributed by atoms with Crippen LogP contribution in [0.25, 0.3) is 0 Å². The van der Waals surface area contributed by atoms with E-state index in [4.69, 9.17) is 0 Å². The van der Waals surface area contributed by atoms with E-state index in [0.29, 0.717) is 31.0 Å². The van der Waals surface area contributed by atoms with E-state index in [0.717, 1.165) is 28.5 Å². The lowest BCUT2D eigenvalue weighted by molar-refractivity contribution is -0.121. The molecule has 0 saturated heterocycles. The summed E-state index contributed by atoms with van der Waals surface area (Å²) in [5.74, 6) is 0.0615. The summed E-state index contributed by atoms with van der Waals surface area (Å²) in [6.07, 6.45) is 7.39. The van der Waals surface area contributed by atoms with Crippen molar-refractivity contribution >= 4 is 29.3 Å². The van der Waals surface area contributed by atoms with Crippen molar-refractivity contribution in [3.63, 3.8) is 0 Å². The van der Waals surface area contributed by atoms with Crippen molar-refractivity contribution in [3.8, 4) is 0 Å². The third-order valence-electron chi connectivity index (χ3n) is 5.12. The normalized spacial score (nSPS) is 16.6. The minimum absolute atomic E-state index is 0.0268. The number of carbonyl (C=O) groups is 2. The first kappa shape index (κ1) is 18.0. The highest BCUT2D eigenvalue weighted by atomic mass is 32.2. The first-order valence-corrected chi connectivity index (χ1v) is 10.4. The average Bonchev–Trinajstić information content (AvgIpc) is 3.15. The molecule has 1 aromatic carbocycles. The van der Waals surface area contributed by atoms with Crippen molar-refractivity contribution in [2.24, 2.45) is 0 Å². The van der Waals surface area contributed by atoms with Crippen molar-refractivity contribution in [1.29, 1.82) is 0 Å². The van der Waals surface area contributed by atoms with Crippen LogP contribution in [0.4, 0.5) is 5.69 Å². The van der Waals surface area contributed by atoms with E-state index in [2.05, 4.69) is 10.3 Å². The Kier molecular flexibility index (Phi) is 5.43. The molecule has 2 aromatic rings. The number of nitrogens with one attached hydrogen (secondary N) is 1. The molecular weight excluding hydrogens is 358 g/mol. The number of nitrogens with zero attached hydrogens (tertiary/aromatic N) is 2. The molecule has 0 bridgehead atoms. The van der Waals surface area contributed by atoms with Crippen LogP contribution in [-0.2, 0) is 4.79 Å². The van der Waals surface area contributed by atoms with E-state index in [1.807, 2.05) is 36.4 Å². The molecule has 4 rings (SSSR count). The van der Waals surface area contributed by atoms with Gasteiger partial charge in [0.05, 0.1) is 11.3 Å². The molecule has 0 unspecified atom stereocenters. The Labute approximate surface area is 163 Å². The quantitative estimate of drug-likeness (QED) is 0.849. The van der Waals surface area contributed by atoms with Crippen LogP contribution >= 0.6 is 11.8 Å². The number of rotatable bonds is 5. The van der Waals surface area contributed by atoms with Gasteiger partial charge in [-0.05, 0) is 43.5 Å². The fourth-order valence-corrected chi connectivity index (χ4v) is 4.76. The van der Waals surface area contributed by atoms with Crippen molar-refractivity contribution in [1.82, 2.24) is 10.3 Å². The molecule has 1 N–H and O–H groups in total. The second-order valence-corrected chi connectivity index (χ2v) is 8.07. The number of anilines is 1. The summed E-state index contributed by atoms with van der Waals surface area (Å²) < 4.78 is 0. The molecule has 27 heavy (non-hydrogen) atoms. The zero-order valence-corrected chi connectivity index (χ0v) is 16.0. The Balaban J connectivity index is 1.47. The van der Waals surface area contributed by atoms with E-state index < -0.39 is 0 Å². The molecule has 1 fully saturated rings. The minimum Gasteiger partial charge on any atom is -0.353 e. The molecule has 1 aliphatic carbocycles. The third kappa shape index (κ3) is 4.00. The Morgan fingerprint density at radius 1 is 1.19 bits per heavy atom. The topological polar surface area (TPSA) is 62.3 Å². The van der Waals surface area contributed by atoms with Gasteiger partial charge in [0.2, 0.25) is 5.91 Å². The van der Waals surface area contributed by atoms with E-state index >= 15 is 0 Å². The molecule has 0 radical (unpaired) electrons. The fourth-order valence-electron chi connectivity index (χ4n) is 3.75. The molecule has 0 spiro atoms. The van der Waals surface area contributed by atoms with Crippen LogP contribution in [0.3, 0.4) is 0 Å². The monoisotopic (exact) mass is 381 g/mol. The van der Waals surface area contributed by atoms with Crippen molar-refractivity contribution < 1.29 is 9.59 Å². The molecule has 2 amide bonds. The predicted molar refractivity (Wildman–Crippen MR) is 106 cm³/mol. The maximum Gasteiger partial charge on any atom is 0.259 e. The second-order valence-electron chi connectivity index (χ2n) is 7.04. The van der Waals surface area contributed by atoms with Gasteiger partial charge in [0.1, 0.15) is 5.03 Å². The van der Waals surface area contributed by atoms with Gasteiger partial charge in [0.25, 0.3) is 5.91 Å². The second kappa shape index (κ2) is 8.13. The van der Waals surface area contributed by atoms with Gasteiger partial charge in [-0.2, -0.15) is 0 Å². The van der Waals surface area contributed by atoms with Crippen LogP contribution in [0.2, 0.25) is 0 Å². The van der Waals surface area contributed by atoms with Crippen LogP contribution in [0.15, 0.2) is 52.5 Å². The highest BCUT2D eigenvalue weighted by Crippen LogP contribution is 2.39. The number of benzene rings is 1. The Hall–Kier alpha value is -2.34. The van der Waals surface area contributed by atoms with Crippen LogP contribution in [-0.4, -0.2) is 29.4 Å². The number of fused-ring (bicyclic) bond motifs is 2. The Morgan fingerprint density at radius 3 is 2.85 bits per heavy atom. The average molecular weight is 382 g/mol. The number of aromatic nitrogens is 1. The molecule has 1 aliphatic heterocycles. The van der Waals surface area contributed by atoms with Crippen molar-refractivity contribution in [2.75, 3.05) is 11.4 Å². The number of amides is 2. The van der Waals surface area contributed by atoms with Gasteiger partial charge >= 0.3 is 0 Å². The van der Waals surface area contributed by atoms with Gasteiger partial charge in [-0.1, -0.05) is 36.7 Å². The summed E-state index contributed by atoms with van der Waals surface area (Å²) in [7, 11) is 0. The van der Waals surface area contributed by atoms with Gasteiger partial charge < -0.3 is 10.2 Å². The van der Waals surface area contributed by atoms with E-state index in [1.54, 1.807) is 11.1 Å². The molecule has 1 saturated carbocycles. The summed E-state index contributed by atoms with van der Waals surface area (Å²) in [6, 6.07) is 11.7. The molecule has 5 nitrogen and oxygen atoms in total. The molecule has 6 heteroatoms. The van der Waals surface area contributed by atoms with Gasteiger partial charge in [-0.3, -0.25) is 9.59 Å². The van der Waals surface area contributed by atoms with Crippen molar-refractivity contribution in [3.05, 3.63) is 48.2 Å². The number of hydrogen-bond acceptors (Lipinski definition) is 4. The molecule has 2 aliphatic rings. The Morgan fingerprint density at radius 2 is 2.00 bits per heavy atom. The summed E-state index contributed by atoms with van der Waals surface area (Å²) in [6.45, 7) is 0.504. The van der Waals surface area contributed by atoms with Crippen LogP contribution in [0.5, 0.6) is 0 Å². The van der Waals surface area contributed by atoms with Crippen molar-refractivity contribution in [2.45, 2.75) is 54.5 Å². The lowest BCUT2D eigenvalue weighted by Gasteiger charge is -2.22. The molecule has 140 valence electrons. The van der Waals surface area contributed by atoms with Crippen LogP contribution in [0.1, 0.15) is 48.9 Å². The first-order valence-electron chi connectivity index (χ1n) is 9.55. The zero-order chi connectivity index (χ0) is 18.6. The number of hydrogen-bond donors (Lipinski definition) is 1. The lowest BCUT2D eigenvalue weighted by atomic mass is 10.1. The van der Waals surface area contributed by atoms with Gasteiger partial charge in [0, 0.05) is 30.1 Å². The largest absolute Gasteiger partial charge is 0.353 e. The minimum atomic E-state index is -0.0268. The SMILES string of the molecule is O=C(CCCN1C(=O)c2ccccc2Sc2ncccc21)NC1CCCC1. The molecule has 1 aromatic heterocycles. The molecular formula is C21H23N3O2S. The number of carbonyl (C=O) groups excluding carboxylic acids is 2. The fraction of sp³-hybridized carbons (Fsp3) is 0.381. The van der Waals surface area contributed by atoms with Crippen LogP contribution in [0, 0.1) is 0 Å². The maximum absolute atomic E-state index is 13.1.